The van der Waals surface area contributed by atoms with Crippen LogP contribution in [0.15, 0.2) is 42.5 Å². The van der Waals surface area contributed by atoms with E-state index in [1.807, 2.05) is 58.0 Å². The molecule has 1 fully saturated rings. The van der Waals surface area contributed by atoms with Crippen LogP contribution in [0.1, 0.15) is 67.9 Å². The molecule has 0 saturated carbocycles. The zero-order chi connectivity index (χ0) is 32.8. The molecule has 2 aromatic carbocycles. The molecule has 5 atom stereocenters. The van der Waals surface area contributed by atoms with E-state index in [4.69, 9.17) is 18.9 Å². The van der Waals surface area contributed by atoms with Crippen molar-refractivity contribution in [3.8, 4) is 16.9 Å². The Morgan fingerprint density at radius 1 is 1.14 bits per heavy atom. The van der Waals surface area contributed by atoms with Crippen LogP contribution in [0, 0.1) is 11.2 Å². The molecule has 2 N–H and O–H groups in total. The summed E-state index contributed by atoms with van der Waals surface area (Å²) >= 11 is 0. The van der Waals surface area contributed by atoms with Gasteiger partial charge in [-0.1, -0.05) is 45.0 Å². The summed E-state index contributed by atoms with van der Waals surface area (Å²) in [4.78, 5) is 27.3. The molecule has 1 aliphatic rings. The summed E-state index contributed by atoms with van der Waals surface area (Å²) in [7, 11) is 0. The summed E-state index contributed by atoms with van der Waals surface area (Å²) in [6.07, 6.45) is -2.59. The third kappa shape index (κ3) is 9.90. The average Bonchev–Trinajstić information content (AvgIpc) is 2.90. The fourth-order valence-corrected chi connectivity index (χ4v) is 5.20. The fourth-order valence-electron chi connectivity index (χ4n) is 5.20. The summed E-state index contributed by atoms with van der Waals surface area (Å²) in [5.41, 5.74) is 0.936. The quantitative estimate of drug-likeness (QED) is 0.352. The Bertz CT molecular complexity index is 1270. The van der Waals surface area contributed by atoms with Gasteiger partial charge in [-0.15, -0.1) is 0 Å². The molecule has 2 amide bonds. The standard InChI is InChI=1S/C34H49FN2O7/c1-10-41-29-14-12-11-13-26(29)24-15-23(16-25(35)18-24)17-27(36-22(3)38)30(39)28-19-42-31(43-20-33(4,5)6)21(2)37(28)32(40)44-34(7,8)9/h11-16,18,21,27-28,30-31,39H,10,17,19-20H2,1-9H3,(H,36,38)/t21-,27-,28+,30-,31-/m0/s1. The van der Waals surface area contributed by atoms with Crippen molar-refractivity contribution in [3.05, 3.63) is 53.8 Å². The molecule has 2 aromatic rings. The van der Waals surface area contributed by atoms with Crippen LogP contribution in [-0.2, 0) is 25.4 Å². The van der Waals surface area contributed by atoms with Crippen molar-refractivity contribution in [1.29, 1.82) is 0 Å². The minimum absolute atomic E-state index is 0.0637. The fraction of sp³-hybridized carbons (Fsp3) is 0.588. The average molecular weight is 617 g/mol. The van der Waals surface area contributed by atoms with Gasteiger partial charge >= 0.3 is 6.09 Å². The molecule has 1 saturated heterocycles. The minimum atomic E-state index is -1.29. The maximum atomic E-state index is 15.0. The molecule has 44 heavy (non-hydrogen) atoms. The van der Waals surface area contributed by atoms with E-state index in [2.05, 4.69) is 5.32 Å². The van der Waals surface area contributed by atoms with E-state index in [1.165, 1.54) is 24.0 Å². The molecule has 1 heterocycles. The van der Waals surface area contributed by atoms with Gasteiger partial charge in [0.25, 0.3) is 0 Å². The molecule has 0 bridgehead atoms. The monoisotopic (exact) mass is 616 g/mol. The number of halogens is 1. The topological polar surface area (TPSA) is 107 Å². The molecule has 0 aliphatic carbocycles. The van der Waals surface area contributed by atoms with E-state index in [0.29, 0.717) is 30.1 Å². The van der Waals surface area contributed by atoms with Gasteiger partial charge in [0, 0.05) is 12.5 Å². The second-order valence-corrected chi connectivity index (χ2v) is 13.5. The number of nitrogens with zero attached hydrogens (tertiary/aromatic N) is 1. The molecule has 10 heteroatoms. The molecular weight excluding hydrogens is 567 g/mol. The van der Waals surface area contributed by atoms with Crippen LogP contribution in [0.2, 0.25) is 0 Å². The summed E-state index contributed by atoms with van der Waals surface area (Å²) in [6, 6.07) is 9.57. The van der Waals surface area contributed by atoms with Crippen LogP contribution < -0.4 is 10.1 Å². The number of amides is 2. The van der Waals surface area contributed by atoms with Gasteiger partial charge in [0.1, 0.15) is 17.2 Å². The Morgan fingerprint density at radius 3 is 2.43 bits per heavy atom. The molecule has 1 aliphatic heterocycles. The van der Waals surface area contributed by atoms with Gasteiger partial charge in [-0.25, -0.2) is 9.18 Å². The normalized spacial score (nSPS) is 20.5. The molecule has 0 radical (unpaired) electrons. The predicted octanol–water partition coefficient (Wildman–Crippen LogP) is 5.71. The number of carbonyl (C=O) groups excluding carboxylic acids is 2. The highest BCUT2D eigenvalue weighted by molar-refractivity contribution is 5.74. The Labute approximate surface area is 261 Å². The lowest BCUT2D eigenvalue weighted by atomic mass is 9.92. The van der Waals surface area contributed by atoms with Crippen molar-refractivity contribution in [2.75, 3.05) is 19.8 Å². The highest BCUT2D eigenvalue weighted by Gasteiger charge is 2.46. The second kappa shape index (κ2) is 14.7. The zero-order valence-electron chi connectivity index (χ0n) is 27.5. The smallest absolute Gasteiger partial charge is 0.411 e. The van der Waals surface area contributed by atoms with Gasteiger partial charge in [0.2, 0.25) is 5.91 Å². The molecule has 9 nitrogen and oxygen atoms in total. The van der Waals surface area contributed by atoms with Crippen LogP contribution in [0.3, 0.4) is 0 Å². The lowest BCUT2D eigenvalue weighted by Gasteiger charge is -2.47. The third-order valence-electron chi connectivity index (χ3n) is 7.01. The lowest BCUT2D eigenvalue weighted by molar-refractivity contribution is -0.233. The molecular formula is C34H49FN2O7. The Hall–Kier alpha value is -3.21. The first kappa shape index (κ1) is 35.3. The van der Waals surface area contributed by atoms with E-state index in [-0.39, 0.29) is 24.3 Å². The van der Waals surface area contributed by atoms with Gasteiger partial charge in [-0.3, -0.25) is 9.69 Å². The van der Waals surface area contributed by atoms with E-state index in [9.17, 15) is 19.1 Å². The number of para-hydroxylation sites is 1. The lowest BCUT2D eigenvalue weighted by Crippen LogP contribution is -2.66. The number of morpholine rings is 1. The van der Waals surface area contributed by atoms with Gasteiger partial charge in [0.15, 0.2) is 6.29 Å². The van der Waals surface area contributed by atoms with Crippen molar-refractivity contribution in [1.82, 2.24) is 10.2 Å². The maximum Gasteiger partial charge on any atom is 0.411 e. The Balaban J connectivity index is 1.95. The van der Waals surface area contributed by atoms with Crippen LogP contribution in [0.4, 0.5) is 9.18 Å². The number of nitrogens with one attached hydrogen (secondary N) is 1. The maximum absolute atomic E-state index is 15.0. The number of ether oxygens (including phenoxy) is 4. The highest BCUT2D eigenvalue weighted by atomic mass is 19.1. The summed E-state index contributed by atoms with van der Waals surface area (Å²) < 4.78 is 38.6. The summed E-state index contributed by atoms with van der Waals surface area (Å²) in [6.45, 7) is 17.2. The number of aliphatic hydroxyl groups is 1. The van der Waals surface area contributed by atoms with Gasteiger partial charge in [0.05, 0.1) is 44.1 Å². The van der Waals surface area contributed by atoms with E-state index >= 15 is 0 Å². The van der Waals surface area contributed by atoms with E-state index in [0.717, 1.165) is 5.56 Å². The first-order chi connectivity index (χ1) is 20.5. The van der Waals surface area contributed by atoms with Crippen LogP contribution in [-0.4, -0.2) is 77.9 Å². The molecule has 0 unspecified atom stereocenters. The number of hydrogen-bond donors (Lipinski definition) is 2. The van der Waals surface area contributed by atoms with Crippen molar-refractivity contribution >= 4 is 12.0 Å². The largest absolute Gasteiger partial charge is 0.493 e. The number of benzene rings is 2. The molecule has 3 rings (SSSR count). The van der Waals surface area contributed by atoms with Gasteiger partial charge in [-0.2, -0.15) is 0 Å². The van der Waals surface area contributed by atoms with Crippen molar-refractivity contribution in [3.63, 3.8) is 0 Å². The van der Waals surface area contributed by atoms with Crippen molar-refractivity contribution in [2.45, 2.75) is 105 Å². The molecule has 0 aromatic heterocycles. The van der Waals surface area contributed by atoms with Crippen LogP contribution in [0.25, 0.3) is 11.1 Å². The minimum Gasteiger partial charge on any atom is -0.493 e. The SMILES string of the molecule is CCOc1ccccc1-c1cc(F)cc(C[C@H](NC(C)=O)[C@H](O)[C@H]2CO[C@@H](OCC(C)(C)C)[C@H](C)N2C(=O)OC(C)(C)C)c1. The second-order valence-electron chi connectivity index (χ2n) is 13.5. The van der Waals surface area contributed by atoms with Crippen molar-refractivity contribution in [2.24, 2.45) is 5.41 Å². The molecule has 244 valence electrons. The number of rotatable bonds is 10. The first-order valence-electron chi connectivity index (χ1n) is 15.2. The predicted molar refractivity (Wildman–Crippen MR) is 167 cm³/mol. The number of aliphatic hydroxyl groups excluding tert-OH is 1. The first-order valence-corrected chi connectivity index (χ1v) is 15.2. The molecule has 0 spiro atoms. The van der Waals surface area contributed by atoms with Crippen molar-refractivity contribution < 1.29 is 38.0 Å². The van der Waals surface area contributed by atoms with E-state index < -0.39 is 48.0 Å². The van der Waals surface area contributed by atoms with E-state index in [1.54, 1.807) is 27.7 Å². The number of hydrogen-bond acceptors (Lipinski definition) is 7. The third-order valence-corrected chi connectivity index (χ3v) is 7.01. The summed E-state index contributed by atoms with van der Waals surface area (Å²) in [5, 5.41) is 14.6. The Morgan fingerprint density at radius 2 is 1.82 bits per heavy atom. The summed E-state index contributed by atoms with van der Waals surface area (Å²) in [5.74, 6) is -0.231. The number of carbonyl (C=O) groups is 2. The van der Waals surface area contributed by atoms with Gasteiger partial charge in [-0.05, 0) is 75.8 Å². The Kier molecular flexibility index (Phi) is 11.8. The highest BCUT2D eigenvalue weighted by Crippen LogP contribution is 2.32. The zero-order valence-corrected chi connectivity index (χ0v) is 27.5. The van der Waals surface area contributed by atoms with Crippen LogP contribution in [0.5, 0.6) is 5.75 Å². The van der Waals surface area contributed by atoms with Gasteiger partial charge < -0.3 is 29.4 Å². The van der Waals surface area contributed by atoms with Crippen LogP contribution >= 0.6 is 0 Å².